The van der Waals surface area contributed by atoms with E-state index in [1.807, 2.05) is 36.4 Å². The number of amides is 3. The zero-order valence-corrected chi connectivity index (χ0v) is 16.6. The van der Waals surface area contributed by atoms with Crippen LogP contribution in [-0.2, 0) is 17.8 Å². The highest BCUT2D eigenvalue weighted by atomic mass is 16.2. The summed E-state index contributed by atoms with van der Waals surface area (Å²) in [5.74, 6) is -0.240. The number of hydrogen-bond donors (Lipinski definition) is 0. The van der Waals surface area contributed by atoms with Crippen LogP contribution < -0.4 is 4.90 Å². The van der Waals surface area contributed by atoms with Crippen LogP contribution in [0.15, 0.2) is 79.1 Å². The Morgan fingerprint density at radius 2 is 1.55 bits per heavy atom. The highest BCUT2D eigenvalue weighted by molar-refractivity contribution is 6.22. The second kappa shape index (κ2) is 7.51. The number of rotatable bonds is 5. The van der Waals surface area contributed by atoms with Crippen LogP contribution in [0.2, 0.25) is 0 Å². The molecule has 3 amide bonds. The molecule has 29 heavy (non-hydrogen) atoms. The van der Waals surface area contributed by atoms with Crippen molar-refractivity contribution in [2.75, 3.05) is 4.90 Å². The van der Waals surface area contributed by atoms with Crippen LogP contribution in [0.5, 0.6) is 0 Å². The van der Waals surface area contributed by atoms with Gasteiger partial charge in [-0.15, -0.1) is 0 Å². The van der Waals surface area contributed by atoms with Gasteiger partial charge in [-0.3, -0.25) is 9.78 Å². The Morgan fingerprint density at radius 3 is 2.24 bits per heavy atom. The van der Waals surface area contributed by atoms with Crippen molar-refractivity contribution in [2.45, 2.75) is 32.4 Å². The van der Waals surface area contributed by atoms with E-state index < -0.39 is 5.54 Å². The number of carbonyl (C=O) groups is 2. The molecule has 0 radical (unpaired) electrons. The van der Waals surface area contributed by atoms with Crippen LogP contribution in [0.3, 0.4) is 0 Å². The molecule has 2 aromatic carbocycles. The zero-order chi connectivity index (χ0) is 20.4. The molecule has 2 heterocycles. The number of carbonyl (C=O) groups excluding carboxylic acids is 2. The number of aromatic nitrogens is 1. The molecule has 1 aliphatic heterocycles. The highest BCUT2D eigenvalue weighted by Gasteiger charge is 2.51. The maximum atomic E-state index is 13.2. The third-order valence-corrected chi connectivity index (χ3v) is 5.41. The molecule has 146 valence electrons. The fourth-order valence-corrected chi connectivity index (χ4v) is 3.69. The van der Waals surface area contributed by atoms with Gasteiger partial charge in [-0.2, -0.15) is 0 Å². The van der Waals surface area contributed by atoms with Crippen molar-refractivity contribution in [1.29, 1.82) is 0 Å². The van der Waals surface area contributed by atoms with E-state index in [2.05, 4.69) is 23.2 Å². The summed E-state index contributed by atoms with van der Waals surface area (Å²) in [4.78, 5) is 33.2. The van der Waals surface area contributed by atoms with Gasteiger partial charge in [0, 0.05) is 12.7 Å². The summed E-state index contributed by atoms with van der Waals surface area (Å²) in [6.07, 6.45) is 3.94. The predicted octanol–water partition coefficient (Wildman–Crippen LogP) is 4.42. The van der Waals surface area contributed by atoms with E-state index >= 15 is 0 Å². The van der Waals surface area contributed by atoms with E-state index in [0.29, 0.717) is 12.2 Å². The Labute approximate surface area is 170 Å². The van der Waals surface area contributed by atoms with E-state index in [0.717, 1.165) is 17.5 Å². The van der Waals surface area contributed by atoms with Crippen LogP contribution in [-0.4, -0.2) is 27.4 Å². The summed E-state index contributed by atoms with van der Waals surface area (Å²) in [6.45, 7) is 3.96. The van der Waals surface area contributed by atoms with Crippen molar-refractivity contribution in [1.82, 2.24) is 9.88 Å². The fourth-order valence-electron chi connectivity index (χ4n) is 3.69. The molecule has 0 N–H and O–H groups in total. The number of nitrogens with zero attached hydrogens (tertiary/aromatic N) is 3. The molecule has 0 saturated carbocycles. The van der Waals surface area contributed by atoms with E-state index in [-0.39, 0.29) is 11.9 Å². The van der Waals surface area contributed by atoms with Crippen LogP contribution in [0, 0.1) is 0 Å². The minimum absolute atomic E-state index is 0.240. The van der Waals surface area contributed by atoms with Crippen LogP contribution >= 0.6 is 0 Å². The second-order valence-electron chi connectivity index (χ2n) is 7.71. The maximum absolute atomic E-state index is 13.2. The molecule has 5 heteroatoms. The Hall–Kier alpha value is -3.47. The molecular weight excluding hydrogens is 362 g/mol. The van der Waals surface area contributed by atoms with E-state index in [9.17, 15) is 9.59 Å². The van der Waals surface area contributed by atoms with Gasteiger partial charge in [-0.05, 0) is 49.1 Å². The number of urea groups is 1. The molecule has 1 fully saturated rings. The molecule has 4 rings (SSSR count). The number of pyridine rings is 1. The van der Waals surface area contributed by atoms with Gasteiger partial charge >= 0.3 is 6.03 Å². The van der Waals surface area contributed by atoms with E-state index in [4.69, 9.17) is 0 Å². The first-order valence-corrected chi connectivity index (χ1v) is 9.65. The molecule has 0 atom stereocenters. The van der Waals surface area contributed by atoms with Crippen molar-refractivity contribution in [2.24, 2.45) is 0 Å². The summed E-state index contributed by atoms with van der Waals surface area (Å²) in [6, 6.07) is 21.4. The lowest BCUT2D eigenvalue weighted by atomic mass is 9.97. The first kappa shape index (κ1) is 18.9. The SMILES string of the molecule is CC1(C)C(=O)N(c2cccnc2)C(=O)N1Cc1ccccc1Cc1ccccc1. The van der Waals surface area contributed by atoms with Crippen LogP contribution in [0.1, 0.15) is 30.5 Å². The molecule has 0 spiro atoms. The normalized spacial score (nSPS) is 15.8. The Kier molecular flexibility index (Phi) is 4.89. The molecule has 3 aromatic rings. The molecule has 5 nitrogen and oxygen atoms in total. The molecular formula is C24H23N3O2. The van der Waals surface area contributed by atoms with Gasteiger partial charge < -0.3 is 4.90 Å². The van der Waals surface area contributed by atoms with Gasteiger partial charge in [0.05, 0.1) is 11.9 Å². The summed E-state index contributed by atoms with van der Waals surface area (Å²) in [7, 11) is 0. The van der Waals surface area contributed by atoms with Gasteiger partial charge in [0.1, 0.15) is 5.54 Å². The number of anilines is 1. The molecule has 1 saturated heterocycles. The Balaban J connectivity index is 1.64. The maximum Gasteiger partial charge on any atom is 0.332 e. The average Bonchev–Trinajstić information content (AvgIpc) is 2.90. The minimum atomic E-state index is -0.938. The van der Waals surface area contributed by atoms with Gasteiger partial charge in [-0.1, -0.05) is 54.6 Å². The lowest BCUT2D eigenvalue weighted by Gasteiger charge is -2.28. The number of benzene rings is 2. The lowest BCUT2D eigenvalue weighted by Crippen LogP contribution is -2.43. The molecule has 1 aromatic heterocycles. The molecule has 0 aliphatic carbocycles. The fraction of sp³-hybridized carbons (Fsp3) is 0.208. The summed E-state index contributed by atoms with van der Waals surface area (Å²) in [5.41, 5.74) is 2.95. The first-order chi connectivity index (χ1) is 14.0. The van der Waals surface area contributed by atoms with E-state index in [1.54, 1.807) is 43.3 Å². The Morgan fingerprint density at radius 1 is 0.862 bits per heavy atom. The Bertz CT molecular complexity index is 1030. The van der Waals surface area contributed by atoms with Crippen molar-refractivity contribution in [3.05, 3.63) is 95.8 Å². The standard InChI is InChI=1S/C24H23N3O2/c1-24(2)22(28)27(21-13-8-14-25-16-21)23(29)26(24)17-20-12-7-6-11-19(20)15-18-9-4-3-5-10-18/h3-14,16H,15,17H2,1-2H3. The van der Waals surface area contributed by atoms with Crippen LogP contribution in [0.4, 0.5) is 10.5 Å². The number of imide groups is 1. The monoisotopic (exact) mass is 385 g/mol. The van der Waals surface area contributed by atoms with Crippen molar-refractivity contribution in [3.8, 4) is 0 Å². The topological polar surface area (TPSA) is 53.5 Å². The minimum Gasteiger partial charge on any atom is -0.305 e. The number of hydrogen-bond acceptors (Lipinski definition) is 3. The predicted molar refractivity (Wildman–Crippen MR) is 112 cm³/mol. The van der Waals surface area contributed by atoms with Crippen LogP contribution in [0.25, 0.3) is 0 Å². The molecule has 0 unspecified atom stereocenters. The first-order valence-electron chi connectivity index (χ1n) is 9.65. The quantitative estimate of drug-likeness (QED) is 0.611. The van der Waals surface area contributed by atoms with Gasteiger partial charge in [0.15, 0.2) is 0 Å². The third-order valence-electron chi connectivity index (χ3n) is 5.41. The van der Waals surface area contributed by atoms with Gasteiger partial charge in [0.2, 0.25) is 0 Å². The third kappa shape index (κ3) is 3.51. The molecule has 0 bridgehead atoms. The van der Waals surface area contributed by atoms with Crippen molar-refractivity contribution < 1.29 is 9.59 Å². The van der Waals surface area contributed by atoms with Gasteiger partial charge in [-0.25, -0.2) is 9.69 Å². The van der Waals surface area contributed by atoms with Crippen molar-refractivity contribution in [3.63, 3.8) is 0 Å². The largest absolute Gasteiger partial charge is 0.332 e. The summed E-state index contributed by atoms with van der Waals surface area (Å²) < 4.78 is 0. The smallest absolute Gasteiger partial charge is 0.305 e. The molecule has 1 aliphatic rings. The van der Waals surface area contributed by atoms with Crippen molar-refractivity contribution >= 4 is 17.6 Å². The van der Waals surface area contributed by atoms with Gasteiger partial charge in [0.25, 0.3) is 5.91 Å². The van der Waals surface area contributed by atoms with E-state index in [1.165, 1.54) is 10.5 Å². The lowest BCUT2D eigenvalue weighted by molar-refractivity contribution is -0.123. The second-order valence-corrected chi connectivity index (χ2v) is 7.71. The summed E-state index contributed by atoms with van der Waals surface area (Å²) >= 11 is 0. The highest BCUT2D eigenvalue weighted by Crippen LogP contribution is 2.33. The zero-order valence-electron chi connectivity index (χ0n) is 16.6. The summed E-state index contributed by atoms with van der Waals surface area (Å²) in [5, 5.41) is 0. The average molecular weight is 385 g/mol.